The van der Waals surface area contributed by atoms with Crippen LogP contribution in [0, 0.1) is 0 Å². The van der Waals surface area contributed by atoms with Crippen LogP contribution in [0.15, 0.2) is 48.5 Å². The van der Waals surface area contributed by atoms with Gasteiger partial charge >= 0.3 is 5.97 Å². The summed E-state index contributed by atoms with van der Waals surface area (Å²) in [5.74, 6) is 0.834. The molecule has 0 saturated carbocycles. The minimum Gasteiger partial charge on any atom is -0.497 e. The number of ether oxygens (including phenoxy) is 3. The molecule has 150 valence electrons. The van der Waals surface area contributed by atoms with Crippen LogP contribution in [0.5, 0.6) is 11.5 Å². The summed E-state index contributed by atoms with van der Waals surface area (Å²) in [5, 5.41) is 0. The zero-order valence-electron chi connectivity index (χ0n) is 16.6. The summed E-state index contributed by atoms with van der Waals surface area (Å²) >= 11 is 0. The highest BCUT2D eigenvalue weighted by atomic mass is 16.5. The fourth-order valence-corrected chi connectivity index (χ4v) is 2.63. The number of methoxy groups -OCH3 is 2. The van der Waals surface area contributed by atoms with E-state index in [1.165, 1.54) is 12.7 Å². The van der Waals surface area contributed by atoms with Gasteiger partial charge in [0.1, 0.15) is 11.5 Å². The Kier molecular flexibility index (Phi) is 8.34. The van der Waals surface area contributed by atoms with Gasteiger partial charge in [0.25, 0.3) is 5.91 Å². The number of hydrogen-bond acceptors (Lipinski definition) is 5. The molecule has 2 aromatic carbocycles. The molecule has 0 atom stereocenters. The lowest BCUT2D eigenvalue weighted by molar-refractivity contribution is -0.142. The first-order chi connectivity index (χ1) is 13.5. The second kappa shape index (κ2) is 11.0. The standard InChI is InChI=1S/C22H27NO5/c1-4-17-5-11-20(12-6-17)28-16-21(24)23(14-13-22(25)27-3)15-18-7-9-19(26-2)10-8-18/h5-12H,4,13-16H2,1-3H3. The third kappa shape index (κ3) is 6.61. The lowest BCUT2D eigenvalue weighted by Gasteiger charge is -2.22. The van der Waals surface area contributed by atoms with Gasteiger partial charge in [-0.15, -0.1) is 0 Å². The SMILES string of the molecule is CCc1ccc(OCC(=O)N(CCC(=O)OC)Cc2ccc(OC)cc2)cc1. The zero-order chi connectivity index (χ0) is 20.4. The van der Waals surface area contributed by atoms with E-state index in [4.69, 9.17) is 9.47 Å². The van der Waals surface area contributed by atoms with Crippen molar-refractivity contribution < 1.29 is 23.8 Å². The van der Waals surface area contributed by atoms with Gasteiger partial charge in [-0.1, -0.05) is 31.2 Å². The van der Waals surface area contributed by atoms with E-state index in [0.29, 0.717) is 12.3 Å². The molecule has 2 aromatic rings. The fourth-order valence-electron chi connectivity index (χ4n) is 2.63. The minimum absolute atomic E-state index is 0.0944. The number of carbonyl (C=O) groups excluding carboxylic acids is 2. The Bertz CT molecular complexity index is 756. The minimum atomic E-state index is -0.358. The Hall–Kier alpha value is -3.02. The van der Waals surface area contributed by atoms with Gasteiger partial charge in [0, 0.05) is 13.1 Å². The smallest absolute Gasteiger partial charge is 0.307 e. The Balaban J connectivity index is 2.00. The van der Waals surface area contributed by atoms with E-state index < -0.39 is 0 Å². The van der Waals surface area contributed by atoms with Crippen molar-refractivity contribution in [3.8, 4) is 11.5 Å². The van der Waals surface area contributed by atoms with Gasteiger partial charge in [-0.2, -0.15) is 0 Å². The van der Waals surface area contributed by atoms with Crippen molar-refractivity contribution in [3.05, 3.63) is 59.7 Å². The molecule has 0 fully saturated rings. The van der Waals surface area contributed by atoms with Gasteiger partial charge in [0.15, 0.2) is 6.61 Å². The third-order valence-electron chi connectivity index (χ3n) is 4.39. The summed E-state index contributed by atoms with van der Waals surface area (Å²) in [6.45, 7) is 2.62. The molecule has 0 unspecified atom stereocenters. The Morgan fingerprint density at radius 3 is 2.07 bits per heavy atom. The van der Waals surface area contributed by atoms with E-state index in [2.05, 4.69) is 11.7 Å². The first kappa shape index (κ1) is 21.3. The van der Waals surface area contributed by atoms with Crippen molar-refractivity contribution in [2.75, 3.05) is 27.4 Å². The monoisotopic (exact) mass is 385 g/mol. The maximum Gasteiger partial charge on any atom is 0.307 e. The topological polar surface area (TPSA) is 65.1 Å². The molecule has 0 radical (unpaired) electrons. The second-order valence-corrected chi connectivity index (χ2v) is 6.28. The van der Waals surface area contributed by atoms with Crippen molar-refractivity contribution in [3.63, 3.8) is 0 Å². The van der Waals surface area contributed by atoms with Gasteiger partial charge in [-0.25, -0.2) is 0 Å². The van der Waals surface area contributed by atoms with Gasteiger partial charge < -0.3 is 19.1 Å². The van der Waals surface area contributed by atoms with Crippen molar-refractivity contribution >= 4 is 11.9 Å². The van der Waals surface area contributed by atoms with Gasteiger partial charge in [-0.3, -0.25) is 9.59 Å². The number of hydrogen-bond donors (Lipinski definition) is 0. The Labute approximate surface area is 166 Å². The summed E-state index contributed by atoms with van der Waals surface area (Å²) in [6, 6.07) is 15.1. The van der Waals surface area contributed by atoms with Crippen LogP contribution in [-0.2, 0) is 27.3 Å². The van der Waals surface area contributed by atoms with E-state index in [1.807, 2.05) is 48.5 Å². The molecule has 6 nitrogen and oxygen atoms in total. The molecule has 6 heteroatoms. The van der Waals surface area contributed by atoms with Gasteiger partial charge in [0.2, 0.25) is 0 Å². The fraction of sp³-hybridized carbons (Fsp3) is 0.364. The largest absolute Gasteiger partial charge is 0.497 e. The highest BCUT2D eigenvalue weighted by molar-refractivity contribution is 5.78. The zero-order valence-corrected chi connectivity index (χ0v) is 16.6. The number of nitrogens with zero attached hydrogens (tertiary/aromatic N) is 1. The number of benzene rings is 2. The first-order valence-electron chi connectivity index (χ1n) is 9.25. The van der Waals surface area contributed by atoms with Crippen LogP contribution in [-0.4, -0.2) is 44.1 Å². The van der Waals surface area contributed by atoms with Gasteiger partial charge in [-0.05, 0) is 41.8 Å². The van der Waals surface area contributed by atoms with E-state index in [0.717, 1.165) is 17.7 Å². The van der Waals surface area contributed by atoms with Crippen LogP contribution < -0.4 is 9.47 Å². The molecule has 0 aliphatic carbocycles. The Morgan fingerprint density at radius 1 is 0.893 bits per heavy atom. The van der Waals surface area contributed by atoms with Crippen LogP contribution in [0.4, 0.5) is 0 Å². The summed E-state index contributed by atoms with van der Waals surface area (Å²) < 4.78 is 15.5. The average molecular weight is 385 g/mol. The second-order valence-electron chi connectivity index (χ2n) is 6.28. The first-order valence-corrected chi connectivity index (χ1v) is 9.25. The van der Waals surface area contributed by atoms with E-state index in [1.54, 1.807) is 12.0 Å². The van der Waals surface area contributed by atoms with Crippen molar-refractivity contribution in [2.24, 2.45) is 0 Å². The number of aryl methyl sites for hydroxylation is 1. The molecule has 1 amide bonds. The summed E-state index contributed by atoms with van der Waals surface area (Å²) in [7, 11) is 2.94. The molecule has 0 aliphatic heterocycles. The maximum absolute atomic E-state index is 12.7. The molecular weight excluding hydrogens is 358 g/mol. The Morgan fingerprint density at radius 2 is 1.50 bits per heavy atom. The molecule has 0 heterocycles. The quantitative estimate of drug-likeness (QED) is 0.588. The van der Waals surface area contributed by atoms with Crippen LogP contribution >= 0.6 is 0 Å². The van der Waals surface area contributed by atoms with Crippen molar-refractivity contribution in [1.29, 1.82) is 0 Å². The number of carbonyl (C=O) groups is 2. The maximum atomic E-state index is 12.7. The predicted octanol–water partition coefficient (Wildman–Crippen LogP) is 3.23. The number of rotatable bonds is 10. The predicted molar refractivity (Wildman–Crippen MR) is 106 cm³/mol. The number of amides is 1. The summed E-state index contributed by atoms with van der Waals surface area (Å²) in [4.78, 5) is 25.8. The molecule has 0 aliphatic rings. The highest BCUT2D eigenvalue weighted by Crippen LogP contribution is 2.15. The molecule has 2 rings (SSSR count). The summed E-state index contributed by atoms with van der Waals surface area (Å²) in [5.41, 5.74) is 2.14. The molecular formula is C22H27NO5. The van der Waals surface area contributed by atoms with E-state index in [9.17, 15) is 9.59 Å². The average Bonchev–Trinajstić information content (AvgIpc) is 2.75. The van der Waals surface area contributed by atoms with Crippen LogP contribution in [0.1, 0.15) is 24.5 Å². The van der Waals surface area contributed by atoms with Crippen LogP contribution in [0.3, 0.4) is 0 Å². The molecule has 28 heavy (non-hydrogen) atoms. The van der Waals surface area contributed by atoms with E-state index in [-0.39, 0.29) is 31.4 Å². The normalized spacial score (nSPS) is 10.2. The van der Waals surface area contributed by atoms with Crippen LogP contribution in [0.25, 0.3) is 0 Å². The molecule has 0 aromatic heterocycles. The third-order valence-corrected chi connectivity index (χ3v) is 4.39. The van der Waals surface area contributed by atoms with E-state index >= 15 is 0 Å². The molecule has 0 bridgehead atoms. The molecule has 0 spiro atoms. The molecule has 0 N–H and O–H groups in total. The highest BCUT2D eigenvalue weighted by Gasteiger charge is 2.17. The number of esters is 1. The summed E-state index contributed by atoms with van der Waals surface area (Å²) in [6.07, 6.45) is 1.08. The van der Waals surface area contributed by atoms with Gasteiger partial charge in [0.05, 0.1) is 20.6 Å². The van der Waals surface area contributed by atoms with Crippen LogP contribution in [0.2, 0.25) is 0 Å². The molecule has 0 saturated heterocycles. The lowest BCUT2D eigenvalue weighted by Crippen LogP contribution is -2.36. The lowest BCUT2D eigenvalue weighted by atomic mass is 10.2. The van der Waals surface area contributed by atoms with Crippen molar-refractivity contribution in [2.45, 2.75) is 26.3 Å². The van der Waals surface area contributed by atoms with Crippen molar-refractivity contribution in [1.82, 2.24) is 4.90 Å².